The van der Waals surface area contributed by atoms with Gasteiger partial charge in [-0.15, -0.1) is 0 Å². The molecule has 1 aromatic carbocycles. The second-order valence-corrected chi connectivity index (χ2v) is 5.81. The third-order valence-electron chi connectivity index (χ3n) is 4.04. The zero-order valence-electron chi connectivity index (χ0n) is 13.4. The van der Waals surface area contributed by atoms with Crippen LogP contribution in [-0.2, 0) is 13.0 Å². The highest BCUT2D eigenvalue weighted by Gasteiger charge is 2.17. The van der Waals surface area contributed by atoms with Crippen molar-refractivity contribution >= 4 is 17.5 Å². The highest BCUT2D eigenvalue weighted by atomic mass is 16.2. The van der Waals surface area contributed by atoms with Crippen LogP contribution in [0.15, 0.2) is 36.5 Å². The van der Waals surface area contributed by atoms with Crippen LogP contribution in [0.4, 0.5) is 16.3 Å². The van der Waals surface area contributed by atoms with Crippen molar-refractivity contribution < 1.29 is 4.79 Å². The summed E-state index contributed by atoms with van der Waals surface area (Å²) in [6.45, 7) is 3.48. The van der Waals surface area contributed by atoms with Crippen molar-refractivity contribution in [2.45, 2.75) is 38.8 Å². The predicted octanol–water partition coefficient (Wildman–Crippen LogP) is 2.84. The Bertz CT molecular complexity index is 667. The molecule has 6 heteroatoms. The maximum absolute atomic E-state index is 12.1. The summed E-state index contributed by atoms with van der Waals surface area (Å²) in [6, 6.07) is 10.2. The van der Waals surface area contributed by atoms with Gasteiger partial charge in [0.2, 0.25) is 0 Å². The molecule has 2 heterocycles. The van der Waals surface area contributed by atoms with Gasteiger partial charge >= 0.3 is 6.03 Å². The van der Waals surface area contributed by atoms with E-state index in [1.54, 1.807) is 10.9 Å². The number of rotatable bonds is 5. The van der Waals surface area contributed by atoms with E-state index in [2.05, 4.69) is 46.2 Å². The van der Waals surface area contributed by atoms with E-state index in [0.717, 1.165) is 31.6 Å². The fraction of sp³-hybridized carbons (Fsp3) is 0.412. The van der Waals surface area contributed by atoms with Crippen molar-refractivity contribution in [2.75, 3.05) is 17.2 Å². The first-order chi connectivity index (χ1) is 11.3. The Balaban J connectivity index is 1.49. The molecule has 2 aromatic rings. The Kier molecular flexibility index (Phi) is 4.80. The van der Waals surface area contributed by atoms with Crippen LogP contribution in [0, 0.1) is 0 Å². The van der Waals surface area contributed by atoms with Crippen molar-refractivity contribution in [1.29, 1.82) is 0 Å². The molecular formula is C17H23N5O. The van der Waals surface area contributed by atoms with Gasteiger partial charge in [-0.3, -0.25) is 5.32 Å². The number of anilines is 2. The Morgan fingerprint density at radius 3 is 3.13 bits per heavy atom. The van der Waals surface area contributed by atoms with Gasteiger partial charge in [-0.25, -0.2) is 9.48 Å². The maximum atomic E-state index is 12.1. The zero-order chi connectivity index (χ0) is 16.1. The molecule has 1 atom stereocenters. The monoisotopic (exact) mass is 313 g/mol. The number of carbonyl (C=O) groups is 1. The number of hydrogen-bond acceptors (Lipinski definition) is 3. The van der Waals surface area contributed by atoms with Gasteiger partial charge in [0.05, 0.1) is 6.20 Å². The number of amides is 2. The van der Waals surface area contributed by atoms with Crippen LogP contribution >= 0.6 is 0 Å². The Morgan fingerprint density at radius 1 is 1.39 bits per heavy atom. The number of para-hydroxylation sites is 1. The van der Waals surface area contributed by atoms with Gasteiger partial charge in [0, 0.05) is 30.9 Å². The Labute approximate surface area is 136 Å². The van der Waals surface area contributed by atoms with Gasteiger partial charge in [-0.2, -0.15) is 5.10 Å². The van der Waals surface area contributed by atoms with Gasteiger partial charge < -0.3 is 10.6 Å². The number of aryl methyl sites for hydroxylation is 2. The summed E-state index contributed by atoms with van der Waals surface area (Å²) in [5.41, 5.74) is 2.52. The topological polar surface area (TPSA) is 71.0 Å². The number of urea groups is 1. The molecule has 0 unspecified atom stereocenters. The van der Waals surface area contributed by atoms with Gasteiger partial charge in [0.25, 0.3) is 0 Å². The number of carbonyl (C=O) groups excluding carboxylic acids is 1. The van der Waals surface area contributed by atoms with Crippen molar-refractivity contribution in [1.82, 2.24) is 15.1 Å². The highest BCUT2D eigenvalue weighted by Crippen LogP contribution is 2.23. The molecule has 1 aliphatic heterocycles. The fourth-order valence-corrected chi connectivity index (χ4v) is 2.86. The number of nitrogens with zero attached hydrogens (tertiary/aromatic N) is 2. The van der Waals surface area contributed by atoms with E-state index in [1.807, 2.05) is 12.1 Å². The van der Waals surface area contributed by atoms with Gasteiger partial charge in [0.1, 0.15) is 5.82 Å². The van der Waals surface area contributed by atoms with E-state index >= 15 is 0 Å². The highest BCUT2D eigenvalue weighted by molar-refractivity contribution is 5.88. The van der Waals surface area contributed by atoms with Gasteiger partial charge in [-0.05, 0) is 30.9 Å². The fourth-order valence-electron chi connectivity index (χ4n) is 2.86. The van der Waals surface area contributed by atoms with Gasteiger partial charge in [0.15, 0.2) is 0 Å². The van der Waals surface area contributed by atoms with E-state index < -0.39 is 0 Å². The molecule has 3 N–H and O–H groups in total. The standard InChI is InChI=1S/C17H23N5O/c1-2-11-22-16(9-10-19-22)21-17(23)18-12-14-8-7-13-5-3-4-6-15(13)20-14/h3-6,9-10,14,20H,2,7-8,11-12H2,1H3,(H2,18,21,23)/t14-/m0/s1. The lowest BCUT2D eigenvalue weighted by atomic mass is 9.98. The predicted molar refractivity (Wildman–Crippen MR) is 91.7 cm³/mol. The van der Waals surface area contributed by atoms with Crippen LogP contribution in [-0.4, -0.2) is 28.4 Å². The first-order valence-electron chi connectivity index (χ1n) is 8.17. The van der Waals surface area contributed by atoms with Crippen LogP contribution in [0.5, 0.6) is 0 Å². The summed E-state index contributed by atoms with van der Waals surface area (Å²) in [4.78, 5) is 12.1. The van der Waals surface area contributed by atoms with Crippen molar-refractivity contribution in [3.05, 3.63) is 42.1 Å². The molecule has 0 fully saturated rings. The summed E-state index contributed by atoms with van der Waals surface area (Å²) in [5.74, 6) is 0.728. The lowest BCUT2D eigenvalue weighted by Crippen LogP contribution is -2.40. The minimum absolute atomic E-state index is 0.191. The van der Waals surface area contributed by atoms with E-state index in [1.165, 1.54) is 11.3 Å². The molecule has 0 aliphatic carbocycles. The van der Waals surface area contributed by atoms with E-state index in [0.29, 0.717) is 6.54 Å². The first kappa shape index (κ1) is 15.4. The minimum Gasteiger partial charge on any atom is -0.380 e. The number of nitrogens with one attached hydrogen (secondary N) is 3. The van der Waals surface area contributed by atoms with E-state index in [9.17, 15) is 4.79 Å². The minimum atomic E-state index is -0.191. The molecule has 1 aromatic heterocycles. The molecule has 0 saturated carbocycles. The summed E-state index contributed by atoms with van der Waals surface area (Å²) in [5, 5.41) is 13.5. The Morgan fingerprint density at radius 2 is 2.26 bits per heavy atom. The summed E-state index contributed by atoms with van der Waals surface area (Å²) in [6.07, 6.45) is 4.74. The van der Waals surface area contributed by atoms with Crippen molar-refractivity contribution in [2.24, 2.45) is 0 Å². The SMILES string of the molecule is CCCn1nccc1NC(=O)NC[C@@H]1CCc2ccccc2N1. The molecular weight excluding hydrogens is 290 g/mol. The number of fused-ring (bicyclic) bond motifs is 1. The second-order valence-electron chi connectivity index (χ2n) is 5.81. The molecule has 6 nitrogen and oxygen atoms in total. The third-order valence-corrected chi connectivity index (χ3v) is 4.04. The normalized spacial score (nSPS) is 16.3. The molecule has 23 heavy (non-hydrogen) atoms. The average Bonchev–Trinajstić information content (AvgIpc) is 3.00. The smallest absolute Gasteiger partial charge is 0.320 e. The summed E-state index contributed by atoms with van der Waals surface area (Å²) >= 11 is 0. The van der Waals surface area contributed by atoms with E-state index in [4.69, 9.17) is 0 Å². The van der Waals surface area contributed by atoms with Crippen LogP contribution in [0.25, 0.3) is 0 Å². The number of benzene rings is 1. The maximum Gasteiger partial charge on any atom is 0.320 e. The van der Waals surface area contributed by atoms with E-state index in [-0.39, 0.29) is 12.1 Å². The van der Waals surface area contributed by atoms with Crippen molar-refractivity contribution in [3.8, 4) is 0 Å². The molecule has 0 spiro atoms. The van der Waals surface area contributed by atoms with Crippen LogP contribution in [0.3, 0.4) is 0 Å². The molecule has 122 valence electrons. The lowest BCUT2D eigenvalue weighted by Gasteiger charge is -2.27. The third kappa shape index (κ3) is 3.83. The largest absolute Gasteiger partial charge is 0.380 e. The van der Waals surface area contributed by atoms with Gasteiger partial charge in [-0.1, -0.05) is 25.1 Å². The second kappa shape index (κ2) is 7.17. The first-order valence-corrected chi connectivity index (χ1v) is 8.17. The van der Waals surface area contributed by atoms with Crippen LogP contribution in [0.2, 0.25) is 0 Å². The molecule has 0 saturated heterocycles. The molecule has 0 bridgehead atoms. The lowest BCUT2D eigenvalue weighted by molar-refractivity contribution is 0.251. The van der Waals surface area contributed by atoms with Crippen molar-refractivity contribution in [3.63, 3.8) is 0 Å². The average molecular weight is 313 g/mol. The summed E-state index contributed by atoms with van der Waals surface area (Å²) in [7, 11) is 0. The molecule has 1 aliphatic rings. The molecule has 2 amide bonds. The Hall–Kier alpha value is -2.50. The summed E-state index contributed by atoms with van der Waals surface area (Å²) < 4.78 is 1.80. The van der Waals surface area contributed by atoms with Crippen LogP contribution < -0.4 is 16.0 Å². The zero-order valence-corrected chi connectivity index (χ0v) is 13.4. The number of aromatic nitrogens is 2. The molecule has 3 rings (SSSR count). The molecule has 0 radical (unpaired) electrons. The van der Waals surface area contributed by atoms with Crippen LogP contribution in [0.1, 0.15) is 25.3 Å². The quantitative estimate of drug-likeness (QED) is 0.795. The number of hydrogen-bond donors (Lipinski definition) is 3.